The highest BCUT2D eigenvalue weighted by atomic mass is 35.5. The summed E-state index contributed by atoms with van der Waals surface area (Å²) in [6.07, 6.45) is 1.15. The van der Waals surface area contributed by atoms with Crippen molar-refractivity contribution in [3.05, 3.63) is 16.4 Å². The summed E-state index contributed by atoms with van der Waals surface area (Å²) in [5.41, 5.74) is 2.00. The van der Waals surface area contributed by atoms with Gasteiger partial charge in [-0.15, -0.1) is 0 Å². The molecule has 1 N–H and O–H groups in total. The summed E-state index contributed by atoms with van der Waals surface area (Å²) >= 11 is 6.29. The number of aromatic nitrogens is 2. The van der Waals surface area contributed by atoms with Gasteiger partial charge in [-0.1, -0.05) is 11.6 Å². The molecule has 18 heavy (non-hydrogen) atoms. The second-order valence-corrected chi connectivity index (χ2v) is 5.33. The van der Waals surface area contributed by atoms with Crippen molar-refractivity contribution in [3.8, 4) is 0 Å². The first-order valence-corrected chi connectivity index (χ1v) is 7.04. The van der Waals surface area contributed by atoms with Crippen LogP contribution >= 0.6 is 11.6 Å². The highest BCUT2D eigenvalue weighted by Gasteiger charge is 2.22. The lowest BCUT2D eigenvalue weighted by molar-refractivity contribution is 0.178. The van der Waals surface area contributed by atoms with E-state index in [9.17, 15) is 0 Å². The molecule has 0 aliphatic carbocycles. The van der Waals surface area contributed by atoms with Crippen LogP contribution in [0, 0.1) is 12.8 Å². The summed E-state index contributed by atoms with van der Waals surface area (Å²) in [6, 6.07) is 0.448. The number of hydrogen-bond donors (Lipinski definition) is 1. The molecule has 0 aromatic carbocycles. The van der Waals surface area contributed by atoms with Crippen LogP contribution in [-0.4, -0.2) is 29.0 Å². The second kappa shape index (κ2) is 6.04. The molecule has 0 amide bonds. The Balaban J connectivity index is 1.96. The average Bonchev–Trinajstić information content (AvgIpc) is 2.97. The van der Waals surface area contributed by atoms with Crippen LogP contribution in [0.25, 0.3) is 0 Å². The standard InChI is InChI=1S/C13H22ClN3O/c1-4-17-12(13(14)10(3)16-17)7-15-9(2)11-5-6-18-8-11/h9,11,15H,4-8H2,1-3H3. The minimum atomic E-state index is 0.448. The Morgan fingerprint density at radius 1 is 1.61 bits per heavy atom. The lowest BCUT2D eigenvalue weighted by Crippen LogP contribution is -2.34. The van der Waals surface area contributed by atoms with Gasteiger partial charge in [0.05, 0.1) is 23.0 Å². The van der Waals surface area contributed by atoms with Crippen LogP contribution in [0.3, 0.4) is 0 Å². The van der Waals surface area contributed by atoms with Crippen molar-refractivity contribution in [1.29, 1.82) is 0 Å². The Morgan fingerprint density at radius 3 is 3.00 bits per heavy atom. The number of nitrogens with zero attached hydrogens (tertiary/aromatic N) is 2. The van der Waals surface area contributed by atoms with Crippen LogP contribution in [0.15, 0.2) is 0 Å². The van der Waals surface area contributed by atoms with E-state index in [0.29, 0.717) is 12.0 Å². The Kier molecular flexibility index (Phi) is 4.65. The van der Waals surface area contributed by atoms with E-state index in [0.717, 1.165) is 49.1 Å². The summed E-state index contributed by atoms with van der Waals surface area (Å²) in [6.45, 7) is 9.63. The summed E-state index contributed by atoms with van der Waals surface area (Å²) in [4.78, 5) is 0. The van der Waals surface area contributed by atoms with Crippen LogP contribution in [0.5, 0.6) is 0 Å². The molecule has 2 heterocycles. The zero-order valence-electron chi connectivity index (χ0n) is 11.4. The van der Waals surface area contributed by atoms with E-state index in [4.69, 9.17) is 16.3 Å². The monoisotopic (exact) mass is 271 g/mol. The quantitative estimate of drug-likeness (QED) is 0.894. The maximum absolute atomic E-state index is 6.29. The SMILES string of the molecule is CCn1nc(C)c(Cl)c1CNC(C)C1CCOC1. The Labute approximate surface area is 114 Å². The van der Waals surface area contributed by atoms with Crippen molar-refractivity contribution < 1.29 is 4.74 Å². The fraction of sp³-hybridized carbons (Fsp3) is 0.769. The maximum atomic E-state index is 6.29. The van der Waals surface area contributed by atoms with E-state index >= 15 is 0 Å². The van der Waals surface area contributed by atoms with Crippen LogP contribution < -0.4 is 5.32 Å². The molecule has 1 aromatic heterocycles. The molecular formula is C13H22ClN3O. The molecule has 2 atom stereocenters. The number of nitrogens with one attached hydrogen (secondary N) is 1. The van der Waals surface area contributed by atoms with Gasteiger partial charge in [0.15, 0.2) is 0 Å². The van der Waals surface area contributed by atoms with Crippen molar-refractivity contribution >= 4 is 11.6 Å². The maximum Gasteiger partial charge on any atom is 0.0860 e. The topological polar surface area (TPSA) is 39.1 Å². The highest BCUT2D eigenvalue weighted by Crippen LogP contribution is 2.21. The minimum Gasteiger partial charge on any atom is -0.381 e. The van der Waals surface area contributed by atoms with Gasteiger partial charge in [-0.25, -0.2) is 0 Å². The summed E-state index contributed by atoms with van der Waals surface area (Å²) in [5.74, 6) is 0.614. The summed E-state index contributed by atoms with van der Waals surface area (Å²) < 4.78 is 7.39. The molecule has 2 rings (SSSR count). The van der Waals surface area contributed by atoms with Crippen molar-refractivity contribution in [2.24, 2.45) is 5.92 Å². The average molecular weight is 272 g/mol. The Hall–Kier alpha value is -0.580. The van der Waals surface area contributed by atoms with Gasteiger partial charge < -0.3 is 10.1 Å². The highest BCUT2D eigenvalue weighted by molar-refractivity contribution is 6.31. The smallest absolute Gasteiger partial charge is 0.0860 e. The van der Waals surface area contributed by atoms with E-state index in [2.05, 4.69) is 24.3 Å². The van der Waals surface area contributed by atoms with Gasteiger partial charge in [0.2, 0.25) is 0 Å². The molecule has 0 spiro atoms. The number of rotatable bonds is 5. The second-order valence-electron chi connectivity index (χ2n) is 4.96. The summed E-state index contributed by atoms with van der Waals surface area (Å²) in [5, 5.41) is 8.76. The Morgan fingerprint density at radius 2 is 2.39 bits per heavy atom. The lowest BCUT2D eigenvalue weighted by Gasteiger charge is -2.19. The molecule has 4 nitrogen and oxygen atoms in total. The van der Waals surface area contributed by atoms with Crippen molar-refractivity contribution in [2.75, 3.05) is 13.2 Å². The normalized spacial score (nSPS) is 21.4. The summed E-state index contributed by atoms with van der Waals surface area (Å²) in [7, 11) is 0. The molecule has 1 aliphatic heterocycles. The van der Waals surface area contributed by atoms with Gasteiger partial charge in [-0.05, 0) is 33.1 Å². The van der Waals surface area contributed by atoms with E-state index < -0.39 is 0 Å². The molecule has 0 radical (unpaired) electrons. The van der Waals surface area contributed by atoms with E-state index in [1.54, 1.807) is 0 Å². The lowest BCUT2D eigenvalue weighted by atomic mass is 10.0. The fourth-order valence-electron chi connectivity index (χ4n) is 2.41. The molecule has 0 saturated carbocycles. The van der Waals surface area contributed by atoms with Gasteiger partial charge in [-0.3, -0.25) is 4.68 Å². The van der Waals surface area contributed by atoms with Crippen molar-refractivity contribution in [3.63, 3.8) is 0 Å². The predicted molar refractivity (Wildman–Crippen MR) is 72.9 cm³/mol. The van der Waals surface area contributed by atoms with Gasteiger partial charge in [0.25, 0.3) is 0 Å². The molecule has 1 aromatic rings. The third kappa shape index (κ3) is 2.87. The first-order chi connectivity index (χ1) is 8.63. The van der Waals surface area contributed by atoms with E-state index in [1.807, 2.05) is 11.6 Å². The van der Waals surface area contributed by atoms with Gasteiger partial charge in [0, 0.05) is 25.7 Å². The van der Waals surface area contributed by atoms with Gasteiger partial charge in [0.1, 0.15) is 0 Å². The van der Waals surface area contributed by atoms with E-state index in [1.165, 1.54) is 0 Å². The van der Waals surface area contributed by atoms with E-state index in [-0.39, 0.29) is 0 Å². The molecule has 0 bridgehead atoms. The largest absolute Gasteiger partial charge is 0.381 e. The van der Waals surface area contributed by atoms with Gasteiger partial charge >= 0.3 is 0 Å². The zero-order valence-corrected chi connectivity index (χ0v) is 12.1. The zero-order chi connectivity index (χ0) is 13.1. The number of aryl methyl sites for hydroxylation is 2. The van der Waals surface area contributed by atoms with Gasteiger partial charge in [-0.2, -0.15) is 5.10 Å². The first kappa shape index (κ1) is 13.8. The van der Waals surface area contributed by atoms with Crippen LogP contribution in [-0.2, 0) is 17.8 Å². The number of halogens is 1. The molecule has 1 fully saturated rings. The van der Waals surface area contributed by atoms with Crippen molar-refractivity contribution in [2.45, 2.75) is 46.3 Å². The first-order valence-electron chi connectivity index (χ1n) is 6.66. The fourth-order valence-corrected chi connectivity index (χ4v) is 2.61. The molecule has 2 unspecified atom stereocenters. The number of hydrogen-bond acceptors (Lipinski definition) is 3. The predicted octanol–water partition coefficient (Wildman–Crippen LogP) is 2.38. The van der Waals surface area contributed by atoms with Crippen LogP contribution in [0.1, 0.15) is 31.7 Å². The van der Waals surface area contributed by atoms with Crippen molar-refractivity contribution in [1.82, 2.24) is 15.1 Å². The molecular weight excluding hydrogens is 250 g/mol. The molecule has 102 valence electrons. The minimum absolute atomic E-state index is 0.448. The molecule has 5 heteroatoms. The molecule has 1 saturated heterocycles. The number of ether oxygens (including phenoxy) is 1. The van der Waals surface area contributed by atoms with Crippen LogP contribution in [0.2, 0.25) is 5.02 Å². The Bertz CT molecular complexity index is 399. The van der Waals surface area contributed by atoms with Crippen LogP contribution in [0.4, 0.5) is 0 Å². The third-order valence-corrected chi connectivity index (χ3v) is 4.21. The third-order valence-electron chi connectivity index (χ3n) is 3.72. The molecule has 1 aliphatic rings.